The third kappa shape index (κ3) is 3.58. The van der Waals surface area contributed by atoms with Crippen LogP contribution in [0.2, 0.25) is 0 Å². The lowest BCUT2D eigenvalue weighted by molar-refractivity contribution is -0.147. The number of carbonyl (C=O) groups excluding carboxylic acids is 2. The van der Waals surface area contributed by atoms with Gasteiger partial charge in [-0.2, -0.15) is 0 Å². The van der Waals surface area contributed by atoms with Crippen LogP contribution in [0.3, 0.4) is 0 Å². The molecule has 0 bridgehead atoms. The Morgan fingerprint density at radius 1 is 1.18 bits per heavy atom. The van der Waals surface area contributed by atoms with E-state index < -0.39 is 0 Å². The van der Waals surface area contributed by atoms with Gasteiger partial charge in [0.05, 0.1) is 13.0 Å². The molecule has 1 spiro atoms. The normalized spacial score (nSPS) is 32.9. The van der Waals surface area contributed by atoms with Gasteiger partial charge in [0, 0.05) is 23.9 Å². The molecule has 2 unspecified atom stereocenters. The summed E-state index contributed by atoms with van der Waals surface area (Å²) in [6.07, 6.45) is 4.19. The van der Waals surface area contributed by atoms with Crippen molar-refractivity contribution >= 4 is 11.9 Å². The molecule has 152 valence electrons. The standard InChI is InChI=1S/C24H33NO3/c1-16-11-18(17-5-7-20(8-6-17)23(2,3)4)9-10-25(16)22(27)19-12-24(13-19)14-21(26)28-15-24/h5-8,16,18-19H,9-15H2,1-4H3. The molecular formula is C24H33NO3. The van der Waals surface area contributed by atoms with Crippen molar-refractivity contribution in [3.05, 3.63) is 35.4 Å². The number of cyclic esters (lactones) is 1. The maximum atomic E-state index is 13.0. The van der Waals surface area contributed by atoms with Crippen molar-refractivity contribution in [2.45, 2.75) is 77.2 Å². The number of hydrogen-bond acceptors (Lipinski definition) is 3. The second-order valence-corrected chi connectivity index (χ2v) is 10.4. The maximum Gasteiger partial charge on any atom is 0.306 e. The third-order valence-corrected chi connectivity index (χ3v) is 7.17. The molecule has 0 radical (unpaired) electrons. The maximum absolute atomic E-state index is 13.0. The van der Waals surface area contributed by atoms with Crippen molar-refractivity contribution in [3.63, 3.8) is 0 Å². The van der Waals surface area contributed by atoms with E-state index in [4.69, 9.17) is 4.74 Å². The molecule has 4 heteroatoms. The minimum absolute atomic E-state index is 0.0340. The Morgan fingerprint density at radius 3 is 2.39 bits per heavy atom. The summed E-state index contributed by atoms with van der Waals surface area (Å²) in [4.78, 5) is 26.5. The summed E-state index contributed by atoms with van der Waals surface area (Å²) in [7, 11) is 0. The number of benzene rings is 1. The molecule has 2 saturated heterocycles. The minimum Gasteiger partial charge on any atom is -0.465 e. The number of amides is 1. The van der Waals surface area contributed by atoms with Crippen molar-refractivity contribution in [3.8, 4) is 0 Å². The van der Waals surface area contributed by atoms with E-state index in [0.717, 1.165) is 32.2 Å². The van der Waals surface area contributed by atoms with E-state index in [2.05, 4.69) is 56.9 Å². The van der Waals surface area contributed by atoms with Gasteiger partial charge in [0.1, 0.15) is 0 Å². The van der Waals surface area contributed by atoms with Gasteiger partial charge in [-0.25, -0.2) is 0 Å². The average molecular weight is 384 g/mol. The highest BCUT2D eigenvalue weighted by Crippen LogP contribution is 2.52. The van der Waals surface area contributed by atoms with Gasteiger partial charge in [-0.1, -0.05) is 45.0 Å². The molecule has 1 aromatic rings. The quantitative estimate of drug-likeness (QED) is 0.710. The summed E-state index contributed by atoms with van der Waals surface area (Å²) in [5, 5.41) is 0. The van der Waals surface area contributed by atoms with Gasteiger partial charge < -0.3 is 9.64 Å². The molecule has 0 aromatic heterocycles. The topological polar surface area (TPSA) is 46.6 Å². The molecule has 4 nitrogen and oxygen atoms in total. The van der Waals surface area contributed by atoms with Crippen LogP contribution in [0, 0.1) is 11.3 Å². The summed E-state index contributed by atoms with van der Waals surface area (Å²) < 4.78 is 5.13. The van der Waals surface area contributed by atoms with Crippen LogP contribution in [-0.4, -0.2) is 36.0 Å². The first kappa shape index (κ1) is 19.5. The number of esters is 1. The molecule has 0 N–H and O–H groups in total. The Balaban J connectivity index is 1.34. The van der Waals surface area contributed by atoms with E-state index in [1.807, 2.05) is 0 Å². The van der Waals surface area contributed by atoms with E-state index in [9.17, 15) is 9.59 Å². The smallest absolute Gasteiger partial charge is 0.306 e. The van der Waals surface area contributed by atoms with E-state index in [-0.39, 0.29) is 28.8 Å². The van der Waals surface area contributed by atoms with Crippen molar-refractivity contribution in [1.82, 2.24) is 4.90 Å². The number of likely N-dealkylation sites (tertiary alicyclic amines) is 1. The summed E-state index contributed by atoms with van der Waals surface area (Å²) in [6, 6.07) is 9.35. The number of carbonyl (C=O) groups is 2. The van der Waals surface area contributed by atoms with Crippen LogP contribution in [0.15, 0.2) is 24.3 Å². The largest absolute Gasteiger partial charge is 0.465 e. The van der Waals surface area contributed by atoms with Gasteiger partial charge in [-0.3, -0.25) is 9.59 Å². The van der Waals surface area contributed by atoms with Crippen LogP contribution in [0.25, 0.3) is 0 Å². The van der Waals surface area contributed by atoms with Crippen LogP contribution < -0.4 is 0 Å². The highest BCUT2D eigenvalue weighted by atomic mass is 16.5. The molecule has 1 amide bonds. The van der Waals surface area contributed by atoms with Crippen LogP contribution in [0.1, 0.15) is 76.8 Å². The molecule has 3 fully saturated rings. The number of hydrogen-bond donors (Lipinski definition) is 0. The predicted molar refractivity (Wildman–Crippen MR) is 109 cm³/mol. The Hall–Kier alpha value is -1.84. The highest BCUT2D eigenvalue weighted by Gasteiger charge is 2.53. The Labute approximate surface area is 168 Å². The Bertz CT molecular complexity index is 755. The lowest BCUT2D eigenvalue weighted by atomic mass is 9.61. The molecule has 1 aromatic carbocycles. The first-order chi connectivity index (χ1) is 13.2. The van der Waals surface area contributed by atoms with E-state index in [1.54, 1.807) is 0 Å². The monoisotopic (exact) mass is 383 g/mol. The Morgan fingerprint density at radius 2 is 1.86 bits per heavy atom. The van der Waals surface area contributed by atoms with Gasteiger partial charge in [-0.05, 0) is 55.1 Å². The first-order valence-corrected chi connectivity index (χ1v) is 10.7. The van der Waals surface area contributed by atoms with Crippen molar-refractivity contribution in [1.29, 1.82) is 0 Å². The molecular weight excluding hydrogens is 350 g/mol. The van der Waals surface area contributed by atoms with Gasteiger partial charge >= 0.3 is 5.97 Å². The van der Waals surface area contributed by atoms with Gasteiger partial charge in [0.2, 0.25) is 5.91 Å². The van der Waals surface area contributed by atoms with Crippen LogP contribution in [-0.2, 0) is 19.7 Å². The molecule has 2 aliphatic heterocycles. The van der Waals surface area contributed by atoms with Crippen LogP contribution in [0.4, 0.5) is 0 Å². The molecule has 2 heterocycles. The fraction of sp³-hybridized carbons (Fsp3) is 0.667. The van der Waals surface area contributed by atoms with E-state index >= 15 is 0 Å². The number of nitrogens with zero attached hydrogens (tertiary/aromatic N) is 1. The van der Waals surface area contributed by atoms with E-state index in [0.29, 0.717) is 24.9 Å². The summed E-state index contributed by atoms with van der Waals surface area (Å²) in [6.45, 7) is 10.3. The SMILES string of the molecule is CC1CC(c2ccc(C(C)(C)C)cc2)CCN1C(=O)C1CC2(COC(=O)C2)C1. The predicted octanol–water partition coefficient (Wildman–Crippen LogP) is 4.42. The second kappa shape index (κ2) is 6.89. The lowest BCUT2D eigenvalue weighted by Gasteiger charge is -2.46. The molecule has 28 heavy (non-hydrogen) atoms. The summed E-state index contributed by atoms with van der Waals surface area (Å²) in [5.74, 6) is 0.804. The average Bonchev–Trinajstić information content (AvgIpc) is 3.01. The number of rotatable bonds is 2. The van der Waals surface area contributed by atoms with Crippen molar-refractivity contribution < 1.29 is 14.3 Å². The van der Waals surface area contributed by atoms with Gasteiger partial charge in [0.15, 0.2) is 0 Å². The summed E-state index contributed by atoms with van der Waals surface area (Å²) >= 11 is 0. The van der Waals surface area contributed by atoms with Gasteiger partial charge in [0.25, 0.3) is 0 Å². The number of ether oxygens (including phenoxy) is 1. The third-order valence-electron chi connectivity index (χ3n) is 7.17. The van der Waals surface area contributed by atoms with Crippen molar-refractivity contribution in [2.75, 3.05) is 13.2 Å². The van der Waals surface area contributed by atoms with E-state index in [1.165, 1.54) is 11.1 Å². The zero-order chi connectivity index (χ0) is 20.1. The highest BCUT2D eigenvalue weighted by molar-refractivity contribution is 5.81. The second-order valence-electron chi connectivity index (χ2n) is 10.4. The minimum atomic E-state index is -0.0995. The fourth-order valence-corrected chi connectivity index (χ4v) is 5.36. The molecule has 4 rings (SSSR count). The fourth-order valence-electron chi connectivity index (χ4n) is 5.36. The number of piperidine rings is 1. The molecule has 1 saturated carbocycles. The van der Waals surface area contributed by atoms with Crippen molar-refractivity contribution in [2.24, 2.45) is 11.3 Å². The van der Waals surface area contributed by atoms with Gasteiger partial charge in [-0.15, -0.1) is 0 Å². The molecule has 1 aliphatic carbocycles. The molecule has 3 aliphatic rings. The molecule has 2 atom stereocenters. The lowest BCUT2D eigenvalue weighted by Crippen LogP contribution is -2.52. The zero-order valence-corrected chi connectivity index (χ0v) is 17.7. The Kier molecular flexibility index (Phi) is 4.79. The van der Waals surface area contributed by atoms with Crippen LogP contribution >= 0.6 is 0 Å². The van der Waals surface area contributed by atoms with Crippen LogP contribution in [0.5, 0.6) is 0 Å². The first-order valence-electron chi connectivity index (χ1n) is 10.7. The zero-order valence-electron chi connectivity index (χ0n) is 17.7. The summed E-state index contributed by atoms with van der Waals surface area (Å²) in [5.41, 5.74) is 2.91.